The second-order valence-electron chi connectivity index (χ2n) is 30.3. The number of amides is 5. The maximum absolute atomic E-state index is 12.8. The molecule has 0 bridgehead atoms. The number of carbonyl (C=O) groups is 6. The van der Waals surface area contributed by atoms with Crippen molar-refractivity contribution < 1.29 is 28.8 Å². The summed E-state index contributed by atoms with van der Waals surface area (Å²) in [4.78, 5) is 95.8. The van der Waals surface area contributed by atoms with Gasteiger partial charge in [0, 0.05) is 151 Å². The second kappa shape index (κ2) is 43.4. The zero-order valence-corrected chi connectivity index (χ0v) is 76.6. The molecule has 0 aliphatic heterocycles. The molecule has 1 unspecified atom stereocenters. The van der Waals surface area contributed by atoms with E-state index in [-0.39, 0.29) is 40.7 Å². The number of pyridine rings is 5. The van der Waals surface area contributed by atoms with Crippen LogP contribution in [0.25, 0.3) is 56.9 Å². The van der Waals surface area contributed by atoms with E-state index < -0.39 is 19.0 Å². The highest BCUT2D eigenvalue weighted by Gasteiger charge is 2.54. The molecule has 10 aromatic heterocycles. The summed E-state index contributed by atoms with van der Waals surface area (Å²) in [6.45, 7) is 18.2. The van der Waals surface area contributed by atoms with Crippen molar-refractivity contribution in [3.63, 3.8) is 0 Å². The van der Waals surface area contributed by atoms with E-state index in [0.717, 1.165) is 153 Å². The van der Waals surface area contributed by atoms with Crippen molar-refractivity contribution in [2.75, 3.05) is 26.6 Å². The molecular formula is C94H95N25O6S5. The Morgan fingerprint density at radius 1 is 0.331 bits per heavy atom. The van der Waals surface area contributed by atoms with E-state index in [2.05, 4.69) is 125 Å². The molecule has 3 fully saturated rings. The highest BCUT2D eigenvalue weighted by atomic mass is 32.2. The highest BCUT2D eigenvalue weighted by molar-refractivity contribution is 8.02. The van der Waals surface area contributed by atoms with Gasteiger partial charge in [-0.05, 0) is 208 Å². The molecule has 5 N–H and O–H groups in total. The van der Waals surface area contributed by atoms with Gasteiger partial charge < -0.3 is 44.9 Å². The van der Waals surface area contributed by atoms with Crippen molar-refractivity contribution in [3.05, 3.63) is 274 Å². The van der Waals surface area contributed by atoms with Gasteiger partial charge in [-0.25, -0.2) is 4.57 Å². The largest absolute Gasteiger partial charge is 0.325 e. The van der Waals surface area contributed by atoms with Gasteiger partial charge in [0.05, 0.1) is 10.00 Å². The predicted octanol–water partition coefficient (Wildman–Crippen LogP) is 17.9. The second-order valence-corrected chi connectivity index (χ2v) is 37.3. The smallest absolute Gasteiger partial charge is 0.241 e. The number of benzene rings is 5. The van der Waals surface area contributed by atoms with Gasteiger partial charge in [0.2, 0.25) is 35.4 Å². The number of thioether (sulfide) groups is 5. The van der Waals surface area contributed by atoms with Crippen molar-refractivity contribution in [1.29, 1.82) is 0 Å². The fourth-order valence-corrected chi connectivity index (χ4v) is 18.6. The quantitative estimate of drug-likeness (QED) is 0.0272. The lowest BCUT2D eigenvalue weighted by atomic mass is 10.2. The topological polar surface area (TPSA) is 381 Å². The SMILES string of the molecule is CC(=O)n1c(SC2(C(=O)Nc3ccccc3)CC2)nnc1-c1ccncc1.CCn1c(SC(C)(C)C(=O)Nc2ccccc2)nnc1-c1ccncc1.CCn1c(SC(C)C(=O)Nc2ccccc2)nnc1-c1ccncc1.CCn1c(SC2(C(=O)Nc3ccccc3)CC2)nnc1-c1ccncc1.CCn1c(SC2(C(=O)Nc3ccccc3)CC2)nnc1-c1ccncc1. The van der Waals surface area contributed by atoms with Crippen LogP contribution in [0.2, 0.25) is 0 Å². The minimum atomic E-state index is -0.703. The molecule has 5 aromatic carbocycles. The Balaban J connectivity index is 0.000000131. The van der Waals surface area contributed by atoms with Crippen LogP contribution in [0.3, 0.4) is 0 Å². The van der Waals surface area contributed by atoms with E-state index in [9.17, 15) is 28.8 Å². The molecule has 3 aliphatic carbocycles. The third-order valence-electron chi connectivity index (χ3n) is 20.7. The molecule has 15 aromatic rings. The Hall–Kier alpha value is -13.7. The van der Waals surface area contributed by atoms with Crippen molar-refractivity contribution in [2.24, 2.45) is 0 Å². The fourth-order valence-electron chi connectivity index (χ4n) is 13.1. The van der Waals surface area contributed by atoms with Crippen molar-refractivity contribution in [2.45, 2.75) is 170 Å². The van der Waals surface area contributed by atoms with Crippen molar-refractivity contribution >= 4 is 123 Å². The standard InChI is InChI=1S/C19H17N5O2S.2C19H19N5OS.C19H21N5OS.C18H19N5OS/c1-13(25)24-16(14-7-11-20-12-8-14)22-23-18(24)27-19(9-10-19)17(26)21-15-5-3-2-4-6-15;2*1-2-24-16(14-8-12-20-13-9-14)22-23-18(24)26-19(10-11-19)17(25)21-15-6-4-3-5-7-15;1-4-24-16(14-10-12-20-13-11-14)22-23-18(24)26-19(2,3)17(25)21-15-8-6-5-7-9-15;1-3-23-16(14-9-11-19-12-10-14)21-22-18(23)25-13(2)17(24)20-15-7-5-4-6-8-15/h2-8,11-12H,9-10H2,1H3,(H,21,26);2*3-9,12-13H,2,10-11H2,1H3,(H,21,25);5-13H,4H2,1-3H3,(H,21,25);4-13H,3H2,1-2H3,(H,20,24). The lowest BCUT2D eigenvalue weighted by Gasteiger charge is -2.22. The minimum absolute atomic E-state index is 0.0322. The summed E-state index contributed by atoms with van der Waals surface area (Å²) in [7, 11) is 0. The van der Waals surface area contributed by atoms with E-state index in [1.54, 1.807) is 74.1 Å². The summed E-state index contributed by atoms with van der Waals surface area (Å²) in [5.74, 6) is 3.25. The molecule has 3 aliphatic rings. The number of anilines is 5. The van der Waals surface area contributed by atoms with Crippen molar-refractivity contribution in [3.8, 4) is 56.9 Å². The Morgan fingerprint density at radius 2 is 0.585 bits per heavy atom. The molecule has 36 heteroatoms. The molecule has 0 saturated heterocycles. The van der Waals surface area contributed by atoms with Gasteiger partial charge in [-0.15, -0.1) is 51.0 Å². The number of rotatable bonds is 29. The van der Waals surface area contributed by atoms with Gasteiger partial charge in [-0.2, -0.15) is 0 Å². The summed E-state index contributed by atoms with van der Waals surface area (Å²) in [5.41, 5.74) is 8.55. The predicted molar refractivity (Wildman–Crippen MR) is 509 cm³/mol. The summed E-state index contributed by atoms with van der Waals surface area (Å²) in [6.07, 6.45) is 22.0. The van der Waals surface area contributed by atoms with Crippen LogP contribution in [-0.4, -0.2) is 158 Å². The van der Waals surface area contributed by atoms with Crippen LogP contribution in [0.5, 0.6) is 0 Å². The van der Waals surface area contributed by atoms with E-state index in [0.29, 0.717) is 22.7 Å². The summed E-state index contributed by atoms with van der Waals surface area (Å²) >= 11 is 7.12. The fraction of sp³-hybridized carbons (Fsp3) is 0.245. The Bertz CT molecular complexity index is 5930. The molecule has 130 heavy (non-hydrogen) atoms. The Kier molecular flexibility index (Phi) is 30.9. The number of nitrogens with one attached hydrogen (secondary N) is 5. The third kappa shape index (κ3) is 23.4. The summed E-state index contributed by atoms with van der Waals surface area (Å²) < 4.78 is 7.35. The normalized spacial score (nSPS) is 13.5. The lowest BCUT2D eigenvalue weighted by molar-refractivity contribution is -0.118. The van der Waals surface area contributed by atoms with Gasteiger partial charge in [0.15, 0.2) is 54.9 Å². The lowest BCUT2D eigenvalue weighted by Crippen LogP contribution is -2.34. The average molecular weight is 1830 g/mol. The number of carbonyl (C=O) groups excluding carboxylic acids is 6. The maximum Gasteiger partial charge on any atom is 0.241 e. The number of hydrogen-bond acceptors (Lipinski definition) is 26. The van der Waals surface area contributed by atoms with Gasteiger partial charge in [-0.1, -0.05) is 150 Å². The van der Waals surface area contributed by atoms with Gasteiger partial charge in [-0.3, -0.25) is 53.7 Å². The Labute approximate surface area is 772 Å². The van der Waals surface area contributed by atoms with Crippen LogP contribution >= 0.6 is 58.8 Å². The van der Waals surface area contributed by atoms with Crippen LogP contribution in [0, 0.1) is 0 Å². The number of nitrogens with zero attached hydrogens (tertiary/aromatic N) is 20. The first kappa shape index (κ1) is 92.5. The van der Waals surface area contributed by atoms with Crippen LogP contribution in [0.15, 0.2) is 300 Å². The molecule has 5 amide bonds. The van der Waals surface area contributed by atoms with Gasteiger partial charge in [0.1, 0.15) is 14.2 Å². The maximum atomic E-state index is 12.8. The molecule has 662 valence electrons. The average Bonchev–Trinajstić information content (AvgIpc) is 1.61. The van der Waals surface area contributed by atoms with Crippen LogP contribution in [-0.2, 0) is 50.2 Å². The van der Waals surface area contributed by atoms with Crippen molar-refractivity contribution in [1.82, 2.24) is 98.7 Å². The minimum Gasteiger partial charge on any atom is -0.325 e. The van der Waals surface area contributed by atoms with E-state index in [1.807, 2.05) is 244 Å². The third-order valence-corrected chi connectivity index (χ3v) is 27.3. The molecular weight excluding hydrogens is 1740 g/mol. The van der Waals surface area contributed by atoms with E-state index >= 15 is 0 Å². The molecule has 31 nitrogen and oxygen atoms in total. The first-order valence-electron chi connectivity index (χ1n) is 42.2. The summed E-state index contributed by atoms with van der Waals surface area (Å²) in [5, 5.41) is 60.9. The molecule has 0 radical (unpaired) electrons. The zero-order chi connectivity index (χ0) is 91.0. The zero-order valence-electron chi connectivity index (χ0n) is 72.6. The molecule has 1 atom stereocenters. The Morgan fingerprint density at radius 3 is 0.892 bits per heavy atom. The van der Waals surface area contributed by atoms with Crippen LogP contribution in [0.1, 0.15) is 98.7 Å². The molecule has 10 heterocycles. The van der Waals surface area contributed by atoms with Crippen LogP contribution in [0.4, 0.5) is 28.4 Å². The molecule has 18 rings (SSSR count). The van der Waals surface area contributed by atoms with E-state index in [4.69, 9.17) is 0 Å². The first-order valence-corrected chi connectivity index (χ1v) is 46.3. The van der Waals surface area contributed by atoms with Crippen LogP contribution < -0.4 is 26.6 Å². The number of aromatic nitrogens is 20. The highest BCUT2D eigenvalue weighted by Crippen LogP contribution is 2.55. The van der Waals surface area contributed by atoms with Gasteiger partial charge >= 0.3 is 0 Å². The summed E-state index contributed by atoms with van der Waals surface area (Å²) in [6, 6.07) is 66.1. The molecule has 0 spiro atoms. The number of hydrogen-bond donors (Lipinski definition) is 5. The monoisotopic (exact) mass is 1830 g/mol. The van der Waals surface area contributed by atoms with Gasteiger partial charge in [0.25, 0.3) is 0 Å². The molecule has 3 saturated carbocycles. The first-order chi connectivity index (χ1) is 63.2. The number of para-hydroxylation sites is 5. The van der Waals surface area contributed by atoms with E-state index in [1.165, 1.54) is 70.3 Å².